The number of carbonyl (C=O) groups is 1. The lowest BCUT2D eigenvalue weighted by Crippen LogP contribution is -2.63. The average molecular weight is 571 g/mol. The second-order valence-corrected chi connectivity index (χ2v) is 12.7. The van der Waals surface area contributed by atoms with Gasteiger partial charge in [0.1, 0.15) is 5.60 Å². The summed E-state index contributed by atoms with van der Waals surface area (Å²) in [6, 6.07) is 7.71. The lowest BCUT2D eigenvalue weighted by atomic mass is 9.53. The van der Waals surface area contributed by atoms with Crippen LogP contribution < -0.4 is 0 Å². The van der Waals surface area contributed by atoms with Gasteiger partial charge in [-0.25, -0.2) is 0 Å². The quantitative estimate of drug-likeness (QED) is 0.404. The number of aromatic nitrogens is 3. The highest BCUT2D eigenvalue weighted by molar-refractivity contribution is 5.75. The number of hydrogen-bond donors (Lipinski definition) is 2. The summed E-state index contributed by atoms with van der Waals surface area (Å²) in [6.07, 6.45) is 1.58. The van der Waals surface area contributed by atoms with Crippen LogP contribution in [0.3, 0.4) is 0 Å². The van der Waals surface area contributed by atoms with Gasteiger partial charge in [-0.05, 0) is 62.8 Å². The Balaban J connectivity index is 1.33. The van der Waals surface area contributed by atoms with Gasteiger partial charge in [0.2, 0.25) is 11.7 Å². The molecule has 0 spiro atoms. The summed E-state index contributed by atoms with van der Waals surface area (Å²) < 4.78 is 44.6. The van der Waals surface area contributed by atoms with Crippen molar-refractivity contribution in [2.75, 3.05) is 20.1 Å². The molecule has 0 radical (unpaired) electrons. The smallest absolute Gasteiger partial charge is 0.393 e. The van der Waals surface area contributed by atoms with Gasteiger partial charge >= 0.3 is 12.1 Å². The molecule has 2 N–H and O–H groups in total. The molecule has 1 atom stereocenters. The molecule has 4 aliphatic rings. The molecule has 1 aliphatic heterocycles. The largest absolute Gasteiger partial charge is 0.481 e. The first-order valence-corrected chi connectivity index (χ1v) is 13.9. The Morgan fingerprint density at radius 3 is 2.22 bits per heavy atom. The van der Waals surface area contributed by atoms with Crippen LogP contribution in [0.25, 0.3) is 11.4 Å². The first-order chi connectivity index (χ1) is 19.3. The maximum Gasteiger partial charge on any atom is 0.393 e. The Morgan fingerprint density at radius 1 is 1.02 bits per heavy atom. The molecule has 11 heteroatoms. The van der Waals surface area contributed by atoms with Crippen LogP contribution in [0.15, 0.2) is 47.2 Å². The number of carboxylic acids is 1. The minimum absolute atomic E-state index is 0.121. The summed E-state index contributed by atoms with van der Waals surface area (Å²) in [5.74, 6) is 0.0940. The van der Waals surface area contributed by atoms with Crippen molar-refractivity contribution in [1.29, 1.82) is 0 Å². The maximum atomic E-state index is 13.0. The number of hydrogen-bond acceptors (Lipinski definition) is 7. The van der Waals surface area contributed by atoms with Crippen molar-refractivity contribution in [3.63, 3.8) is 0 Å². The molecule has 1 aromatic carbocycles. The normalized spacial score (nSPS) is 27.3. The van der Waals surface area contributed by atoms with Crippen molar-refractivity contribution >= 4 is 5.97 Å². The Bertz CT molecular complexity index is 1440. The first-order valence-electron chi connectivity index (χ1n) is 13.9. The van der Waals surface area contributed by atoms with Gasteiger partial charge in [-0.1, -0.05) is 36.3 Å². The van der Waals surface area contributed by atoms with Crippen LogP contribution >= 0.6 is 0 Å². The zero-order valence-corrected chi connectivity index (χ0v) is 23.0. The molecule has 3 saturated carbocycles. The molecule has 4 fully saturated rings. The van der Waals surface area contributed by atoms with E-state index in [2.05, 4.69) is 15.0 Å². The molecule has 41 heavy (non-hydrogen) atoms. The van der Waals surface area contributed by atoms with E-state index in [4.69, 9.17) is 9.51 Å². The Kier molecular flexibility index (Phi) is 6.35. The van der Waals surface area contributed by atoms with Crippen LogP contribution in [-0.4, -0.2) is 62.5 Å². The lowest BCUT2D eigenvalue weighted by Gasteiger charge is -2.55. The van der Waals surface area contributed by atoms with E-state index in [0.717, 1.165) is 0 Å². The van der Waals surface area contributed by atoms with Gasteiger partial charge < -0.3 is 19.6 Å². The summed E-state index contributed by atoms with van der Waals surface area (Å²) in [4.78, 5) is 23.0. The second-order valence-electron chi connectivity index (χ2n) is 12.7. The summed E-state index contributed by atoms with van der Waals surface area (Å²) in [7, 11) is 1.94. The number of benzene rings is 1. The van der Waals surface area contributed by atoms with E-state index in [-0.39, 0.29) is 11.0 Å². The fourth-order valence-corrected chi connectivity index (χ4v) is 7.48. The summed E-state index contributed by atoms with van der Waals surface area (Å²) >= 11 is 0. The fourth-order valence-electron chi connectivity index (χ4n) is 7.48. The maximum absolute atomic E-state index is 13.0. The zero-order chi connectivity index (χ0) is 29.3. The van der Waals surface area contributed by atoms with Crippen LogP contribution in [0.5, 0.6) is 0 Å². The number of rotatable bonds is 7. The third-order valence-electron chi connectivity index (χ3n) is 9.88. The van der Waals surface area contributed by atoms with Crippen LogP contribution in [-0.2, 0) is 22.2 Å². The highest BCUT2D eigenvalue weighted by Gasteiger charge is 2.56. The fraction of sp³-hybridized carbons (Fsp3) is 0.533. The number of nitrogens with zero attached hydrogens (tertiary/aromatic N) is 4. The van der Waals surface area contributed by atoms with Crippen molar-refractivity contribution in [1.82, 2.24) is 20.0 Å². The standard InChI is InChI=1S/C30H33F3N4O4/c1-26(17-37(2)18-26)30(40,21-5-3-19(4-6-21)14-29(31,32)33)22-13-20(15-34-16-22)23-35-24(41-36-23)27-7-10-28(11-8-27,12-9-27)25(38)39/h3-6,13,15-16,40H,7-12,14,17-18H2,1-2H3,(H,38,39)/t27?,28?,30-/m0/s1. The van der Waals surface area contributed by atoms with E-state index in [1.807, 2.05) is 14.0 Å². The van der Waals surface area contributed by atoms with E-state index < -0.39 is 35.0 Å². The molecule has 3 aliphatic carbocycles. The molecule has 3 aromatic rings. The van der Waals surface area contributed by atoms with E-state index in [0.29, 0.717) is 80.0 Å². The van der Waals surface area contributed by atoms with E-state index in [9.17, 15) is 28.2 Å². The number of likely N-dealkylation sites (tertiary alicyclic amines) is 1. The summed E-state index contributed by atoms with van der Waals surface area (Å²) in [5.41, 5.74) is -1.52. The lowest BCUT2D eigenvalue weighted by molar-refractivity contribution is -0.156. The van der Waals surface area contributed by atoms with Crippen LogP contribution in [0, 0.1) is 10.8 Å². The number of carboxylic acid groups (broad SMARTS) is 1. The van der Waals surface area contributed by atoms with Gasteiger partial charge in [0.25, 0.3) is 0 Å². The molecule has 0 unspecified atom stereocenters. The molecular formula is C30H33F3N4O4. The van der Waals surface area contributed by atoms with Crippen molar-refractivity contribution in [2.45, 2.75) is 69.1 Å². The molecule has 0 amide bonds. The number of pyridine rings is 1. The number of fused-ring (bicyclic) bond motifs is 3. The van der Waals surface area contributed by atoms with Gasteiger partial charge in [0.15, 0.2) is 0 Å². The van der Waals surface area contributed by atoms with Crippen molar-refractivity contribution in [3.05, 3.63) is 65.3 Å². The topological polar surface area (TPSA) is 113 Å². The molecule has 8 nitrogen and oxygen atoms in total. The first kappa shape index (κ1) is 27.8. The Labute approximate surface area is 235 Å². The number of aliphatic carboxylic acids is 1. The van der Waals surface area contributed by atoms with Crippen molar-refractivity contribution < 1.29 is 32.7 Å². The van der Waals surface area contributed by atoms with Crippen LogP contribution in [0.2, 0.25) is 0 Å². The minimum Gasteiger partial charge on any atom is -0.481 e. The van der Waals surface area contributed by atoms with E-state index in [1.54, 1.807) is 30.6 Å². The van der Waals surface area contributed by atoms with Gasteiger partial charge in [-0.3, -0.25) is 9.78 Å². The molecule has 2 bridgehead atoms. The second kappa shape index (κ2) is 9.35. The Morgan fingerprint density at radius 2 is 1.66 bits per heavy atom. The third-order valence-corrected chi connectivity index (χ3v) is 9.88. The van der Waals surface area contributed by atoms with Crippen LogP contribution in [0.1, 0.15) is 68.0 Å². The summed E-state index contributed by atoms with van der Waals surface area (Å²) in [6.45, 7) is 3.10. The van der Waals surface area contributed by atoms with Gasteiger partial charge in [-0.15, -0.1) is 0 Å². The average Bonchev–Trinajstić information content (AvgIpc) is 3.44. The molecular weight excluding hydrogens is 537 g/mol. The number of aliphatic hydroxyl groups is 1. The van der Waals surface area contributed by atoms with E-state index in [1.165, 1.54) is 12.1 Å². The van der Waals surface area contributed by atoms with Crippen LogP contribution in [0.4, 0.5) is 13.2 Å². The van der Waals surface area contributed by atoms with Gasteiger partial charge in [0, 0.05) is 47.4 Å². The highest BCUT2D eigenvalue weighted by Crippen LogP contribution is 2.57. The minimum atomic E-state index is -4.32. The third kappa shape index (κ3) is 4.53. The molecule has 2 aromatic heterocycles. The zero-order valence-electron chi connectivity index (χ0n) is 23.0. The molecule has 218 valence electrons. The molecule has 1 saturated heterocycles. The number of halogens is 3. The molecule has 3 heterocycles. The summed E-state index contributed by atoms with van der Waals surface area (Å²) in [5, 5.41) is 26.4. The number of alkyl halides is 3. The van der Waals surface area contributed by atoms with E-state index >= 15 is 0 Å². The van der Waals surface area contributed by atoms with Gasteiger partial charge in [-0.2, -0.15) is 18.2 Å². The van der Waals surface area contributed by atoms with Gasteiger partial charge in [0.05, 0.1) is 11.8 Å². The predicted octanol–water partition coefficient (Wildman–Crippen LogP) is 5.10. The highest BCUT2D eigenvalue weighted by atomic mass is 19.4. The molecule has 7 rings (SSSR count). The van der Waals surface area contributed by atoms with Crippen molar-refractivity contribution in [3.8, 4) is 11.4 Å². The SMILES string of the molecule is CN1CC(C)([C@](O)(c2ccc(CC(F)(F)F)cc2)c2cncc(-c3noc(C45CCC(C(=O)O)(CC4)CC5)n3)c2)C1. The monoisotopic (exact) mass is 570 g/mol. The Hall–Kier alpha value is -3.31. The van der Waals surface area contributed by atoms with Crippen molar-refractivity contribution in [2.24, 2.45) is 10.8 Å². The predicted molar refractivity (Wildman–Crippen MR) is 142 cm³/mol.